The average molecular weight is 826 g/mol. The van der Waals surface area contributed by atoms with Crippen LogP contribution in [0.25, 0.3) is 20.9 Å². The lowest BCUT2D eigenvalue weighted by Gasteiger charge is -2.22. The highest BCUT2D eigenvalue weighted by Crippen LogP contribution is 2.32. The lowest BCUT2D eigenvalue weighted by Crippen LogP contribution is -2.37. The maximum absolute atomic E-state index is 13.5. The quantitative estimate of drug-likeness (QED) is 0.0481. The number of carbonyl (C=O) groups excluding carboxylic acids is 3. The second-order valence-corrected chi connectivity index (χ2v) is 17.4. The van der Waals surface area contributed by atoms with Crippen LogP contribution in [-0.4, -0.2) is 62.6 Å². The number of nitrogens with one attached hydrogen (secondary N) is 2. The number of ether oxygens (including phenoxy) is 2. The van der Waals surface area contributed by atoms with Gasteiger partial charge in [-0.1, -0.05) is 74.7 Å². The number of nitrogens with zero attached hydrogens (tertiary/aromatic N) is 1. The summed E-state index contributed by atoms with van der Waals surface area (Å²) in [4.78, 5) is 43.4. The number of pyridine rings is 1. The number of aromatic nitrogens is 1. The van der Waals surface area contributed by atoms with E-state index in [0.717, 1.165) is 59.7 Å². The van der Waals surface area contributed by atoms with Crippen LogP contribution in [0.5, 0.6) is 0 Å². The topological polar surface area (TPSA) is 167 Å². The summed E-state index contributed by atoms with van der Waals surface area (Å²) in [6.07, 6.45) is 8.54. The number of fused-ring (bicyclic) bond motifs is 2. The van der Waals surface area contributed by atoms with Gasteiger partial charge in [0.1, 0.15) is 12.2 Å². The van der Waals surface area contributed by atoms with Gasteiger partial charge in [-0.3, -0.25) is 14.6 Å². The maximum atomic E-state index is 13.5. The van der Waals surface area contributed by atoms with Crippen molar-refractivity contribution in [1.82, 2.24) is 10.3 Å². The van der Waals surface area contributed by atoms with E-state index in [4.69, 9.17) is 9.47 Å². The summed E-state index contributed by atoms with van der Waals surface area (Å²) in [5.74, 6) is -1.08. The highest BCUT2D eigenvalue weighted by atomic mass is 32.1. The van der Waals surface area contributed by atoms with E-state index >= 15 is 0 Å². The summed E-state index contributed by atoms with van der Waals surface area (Å²) < 4.78 is 12.1. The highest BCUT2D eigenvalue weighted by molar-refractivity contribution is 7.19. The SMILES string of the molecule is CC(C)(C)OC(=O)NCC(C(=O)Nc1ccc2cnccc2c1)c1ccc(COC(=O)CCCCCC[C@@H]2CC(O)CC2O)cc1.CCC(O)c1cc2ccccc2s1. The van der Waals surface area contributed by atoms with Crippen molar-refractivity contribution < 1.29 is 39.2 Å². The van der Waals surface area contributed by atoms with Gasteiger partial charge in [0.2, 0.25) is 5.91 Å². The lowest BCUT2D eigenvalue weighted by molar-refractivity contribution is -0.145. The molecule has 12 heteroatoms. The number of aliphatic hydroxyl groups is 3. The molecule has 0 radical (unpaired) electrons. The van der Waals surface area contributed by atoms with Gasteiger partial charge in [-0.05, 0) is 111 Å². The van der Waals surface area contributed by atoms with E-state index in [0.29, 0.717) is 30.5 Å². The minimum absolute atomic E-state index is 0.0236. The molecule has 11 nitrogen and oxygen atoms in total. The number of anilines is 1. The van der Waals surface area contributed by atoms with E-state index in [1.54, 1.807) is 56.6 Å². The number of rotatable bonds is 16. The number of aliphatic hydroxyl groups excluding tert-OH is 3. The van der Waals surface area contributed by atoms with Gasteiger partial charge >= 0.3 is 12.1 Å². The Kier molecular flexibility index (Phi) is 16.8. The van der Waals surface area contributed by atoms with Crippen molar-refractivity contribution in [2.45, 2.75) is 122 Å². The molecule has 2 aromatic heterocycles. The molecule has 2 amide bonds. The van der Waals surface area contributed by atoms with Crippen molar-refractivity contribution in [3.63, 3.8) is 0 Å². The molecule has 2 heterocycles. The molecule has 0 saturated heterocycles. The van der Waals surface area contributed by atoms with Gasteiger partial charge in [0.05, 0.1) is 24.2 Å². The summed E-state index contributed by atoms with van der Waals surface area (Å²) in [6, 6.07) is 25.0. The summed E-state index contributed by atoms with van der Waals surface area (Å²) >= 11 is 1.68. The van der Waals surface area contributed by atoms with Crippen LogP contribution in [0.1, 0.15) is 114 Å². The van der Waals surface area contributed by atoms with Crippen LogP contribution >= 0.6 is 11.3 Å². The molecule has 1 saturated carbocycles. The van der Waals surface area contributed by atoms with Crippen LogP contribution in [0.2, 0.25) is 0 Å². The first-order valence-corrected chi connectivity index (χ1v) is 21.5. The Bertz CT molecular complexity index is 2080. The van der Waals surface area contributed by atoms with Gasteiger partial charge in [0.25, 0.3) is 0 Å². The Morgan fingerprint density at radius 1 is 0.898 bits per heavy atom. The van der Waals surface area contributed by atoms with Crippen LogP contribution in [0, 0.1) is 5.92 Å². The summed E-state index contributed by atoms with van der Waals surface area (Å²) in [5.41, 5.74) is 1.43. The third kappa shape index (κ3) is 14.4. The van der Waals surface area contributed by atoms with E-state index in [-0.39, 0.29) is 43.2 Å². The fourth-order valence-electron chi connectivity index (χ4n) is 7.12. The first-order chi connectivity index (χ1) is 28.3. The molecule has 5 atom stereocenters. The number of carbonyl (C=O) groups is 3. The molecule has 6 rings (SSSR count). The number of esters is 1. The molecule has 5 aromatic rings. The van der Waals surface area contributed by atoms with Crippen molar-refractivity contribution in [2.24, 2.45) is 5.92 Å². The third-order valence-corrected chi connectivity index (χ3v) is 11.6. The Morgan fingerprint density at radius 3 is 2.37 bits per heavy atom. The number of hydrogen-bond acceptors (Lipinski definition) is 10. The highest BCUT2D eigenvalue weighted by Gasteiger charge is 2.31. The van der Waals surface area contributed by atoms with Crippen LogP contribution < -0.4 is 10.6 Å². The number of hydrogen-bond donors (Lipinski definition) is 5. The molecule has 1 aliphatic rings. The molecule has 4 unspecified atom stereocenters. The molecular weight excluding hydrogens is 767 g/mol. The normalized spacial score (nSPS) is 17.4. The van der Waals surface area contributed by atoms with Crippen molar-refractivity contribution in [2.75, 3.05) is 11.9 Å². The van der Waals surface area contributed by atoms with Crippen molar-refractivity contribution >= 4 is 55.9 Å². The predicted molar refractivity (Wildman–Crippen MR) is 233 cm³/mol. The zero-order valence-electron chi connectivity index (χ0n) is 34.6. The number of thiophene rings is 1. The van der Waals surface area contributed by atoms with Gasteiger partial charge in [0, 0.05) is 46.0 Å². The molecule has 59 heavy (non-hydrogen) atoms. The van der Waals surface area contributed by atoms with Crippen molar-refractivity contribution in [3.05, 3.63) is 107 Å². The van der Waals surface area contributed by atoms with E-state index in [1.165, 1.54) is 10.1 Å². The summed E-state index contributed by atoms with van der Waals surface area (Å²) in [5, 5.41) is 38.1. The molecule has 316 valence electrons. The van der Waals surface area contributed by atoms with Crippen LogP contribution in [0.15, 0.2) is 91.3 Å². The van der Waals surface area contributed by atoms with Gasteiger partial charge in [0.15, 0.2) is 0 Å². The summed E-state index contributed by atoms with van der Waals surface area (Å²) in [7, 11) is 0. The zero-order chi connectivity index (χ0) is 42.4. The van der Waals surface area contributed by atoms with E-state index < -0.39 is 23.7 Å². The Balaban J connectivity index is 0.000000428. The van der Waals surface area contributed by atoms with Crippen LogP contribution in [-0.2, 0) is 25.7 Å². The number of benzene rings is 3. The van der Waals surface area contributed by atoms with Gasteiger partial charge in [-0.15, -0.1) is 11.3 Å². The molecule has 5 N–H and O–H groups in total. The number of amides is 2. The Hall–Kier alpha value is -4.88. The van der Waals surface area contributed by atoms with Gasteiger partial charge in [-0.2, -0.15) is 0 Å². The van der Waals surface area contributed by atoms with Gasteiger partial charge < -0.3 is 35.4 Å². The molecule has 0 bridgehead atoms. The Labute approximate surface area is 351 Å². The number of alkyl carbamates (subject to hydrolysis) is 1. The maximum Gasteiger partial charge on any atom is 0.407 e. The van der Waals surface area contributed by atoms with Crippen LogP contribution in [0.4, 0.5) is 10.5 Å². The first kappa shape index (κ1) is 45.2. The first-order valence-electron chi connectivity index (χ1n) is 20.7. The third-order valence-electron chi connectivity index (χ3n) is 10.4. The summed E-state index contributed by atoms with van der Waals surface area (Å²) in [6.45, 7) is 7.46. The average Bonchev–Trinajstić information content (AvgIpc) is 3.79. The monoisotopic (exact) mass is 825 g/mol. The minimum atomic E-state index is -0.709. The van der Waals surface area contributed by atoms with Crippen molar-refractivity contribution in [3.8, 4) is 0 Å². The lowest BCUT2D eigenvalue weighted by atomic mass is 9.96. The molecule has 1 fully saturated rings. The van der Waals surface area contributed by atoms with E-state index in [9.17, 15) is 29.7 Å². The Morgan fingerprint density at radius 2 is 1.66 bits per heavy atom. The fraction of sp³-hybridized carbons (Fsp3) is 0.447. The predicted octanol–water partition coefficient (Wildman–Crippen LogP) is 9.34. The largest absolute Gasteiger partial charge is 0.461 e. The van der Waals surface area contributed by atoms with Crippen molar-refractivity contribution in [1.29, 1.82) is 0 Å². The number of unbranched alkanes of at least 4 members (excludes halogenated alkanes) is 3. The molecular formula is C47H59N3O8S. The zero-order valence-corrected chi connectivity index (χ0v) is 35.4. The van der Waals surface area contributed by atoms with E-state index in [2.05, 4.69) is 33.8 Å². The van der Waals surface area contributed by atoms with Crippen LogP contribution in [0.3, 0.4) is 0 Å². The molecule has 3 aromatic carbocycles. The standard InChI is InChI=1S/C36H47N3O7.C11H12OS/c1-36(2,3)46-35(44)38-22-31(34(43)39-29-15-14-28-21-37-17-16-26(28)18-29)25-12-10-24(11-13-25)23-45-33(42)9-7-5-4-6-8-27-19-30(40)20-32(27)41;1-2-9(12)11-7-8-5-3-4-6-10(8)13-11/h10-18,21,27,30-32,40-41H,4-9,19-20,22-23H2,1-3H3,(H,38,44)(H,39,43);3-7,9,12H,2H2,1H3/t27-,30?,31?,32?;/m1./s1. The second kappa shape index (κ2) is 21.9. The molecule has 0 spiro atoms. The van der Waals surface area contributed by atoms with E-state index in [1.807, 2.05) is 55.5 Å². The minimum Gasteiger partial charge on any atom is -0.461 e. The second-order valence-electron chi connectivity index (χ2n) is 16.3. The molecule has 1 aliphatic carbocycles. The smallest absolute Gasteiger partial charge is 0.407 e. The fourth-order valence-corrected chi connectivity index (χ4v) is 8.25. The van der Waals surface area contributed by atoms with Gasteiger partial charge in [-0.25, -0.2) is 4.79 Å². The molecule has 0 aliphatic heterocycles.